The van der Waals surface area contributed by atoms with E-state index in [0.717, 1.165) is 25.0 Å². The highest BCUT2D eigenvalue weighted by Crippen LogP contribution is 2.33. The summed E-state index contributed by atoms with van der Waals surface area (Å²) in [5.41, 5.74) is 7.01. The zero-order valence-electron chi connectivity index (χ0n) is 35.8. The summed E-state index contributed by atoms with van der Waals surface area (Å²) in [6, 6.07) is -2.93. The maximum absolute atomic E-state index is 13.4. The third-order valence-corrected chi connectivity index (χ3v) is 11.6. The van der Waals surface area contributed by atoms with Crippen LogP contribution in [0.4, 0.5) is 4.79 Å². The lowest BCUT2D eigenvalue weighted by Crippen LogP contribution is -2.57. The molecule has 0 radical (unpaired) electrons. The van der Waals surface area contributed by atoms with Gasteiger partial charge in [0.05, 0.1) is 25.2 Å². The largest absolute Gasteiger partial charge is 0.368 e. The lowest BCUT2D eigenvalue weighted by molar-refractivity contribution is -0.137. The fourth-order valence-corrected chi connectivity index (χ4v) is 8.56. The summed E-state index contributed by atoms with van der Waals surface area (Å²) in [6.07, 6.45) is 4.41. The van der Waals surface area contributed by atoms with E-state index in [2.05, 4.69) is 42.5 Å². The molecule has 20 nitrogen and oxygen atoms in total. The predicted octanol–water partition coefficient (Wildman–Crippen LogP) is -0.569. The van der Waals surface area contributed by atoms with Gasteiger partial charge in [-0.05, 0) is 62.7 Å². The molecule has 2 saturated heterocycles. The van der Waals surface area contributed by atoms with Gasteiger partial charge in [0.1, 0.15) is 18.1 Å². The van der Waals surface area contributed by atoms with E-state index in [4.69, 9.17) is 10.9 Å². The van der Waals surface area contributed by atoms with E-state index >= 15 is 0 Å². The van der Waals surface area contributed by atoms with Crippen molar-refractivity contribution in [1.82, 2.24) is 48.0 Å². The Kier molecular flexibility index (Phi) is 22.8. The van der Waals surface area contributed by atoms with Crippen molar-refractivity contribution >= 4 is 65.1 Å². The van der Waals surface area contributed by atoms with Gasteiger partial charge < -0.3 is 48.3 Å². The Hall–Kier alpha value is -4.66. The molecule has 2 heterocycles. The average Bonchev–Trinajstić information content (AvgIpc) is 3.73. The molecule has 0 bridgehead atoms. The van der Waals surface area contributed by atoms with E-state index in [1.807, 2.05) is 39.5 Å². The van der Waals surface area contributed by atoms with Crippen molar-refractivity contribution in [2.24, 2.45) is 29.4 Å². The fourth-order valence-electron chi connectivity index (χ4n) is 7.02. The summed E-state index contributed by atoms with van der Waals surface area (Å²) in [6.45, 7) is 10.2. The number of unbranched alkanes of at least 4 members (excludes halogenated alkanes) is 2. The van der Waals surface area contributed by atoms with Crippen LogP contribution in [0.2, 0.25) is 0 Å². The molecule has 0 saturated carbocycles. The van der Waals surface area contributed by atoms with E-state index in [-0.39, 0.29) is 55.1 Å². The Bertz CT molecular complexity index is 1500. The van der Waals surface area contributed by atoms with Gasteiger partial charge in [-0.1, -0.05) is 48.0 Å². The van der Waals surface area contributed by atoms with Crippen LogP contribution in [-0.4, -0.2) is 119 Å². The number of thioether (sulfide) groups is 1. The molecule has 2 aliphatic rings. The SMILES string of the molecule is CC(C)CC(CC(=O)NO)C(=O)N[C@H](C(=O)N[C@@H](CC(C)C)C(=O)NCC(=O)NCC(=O)N[C@@H](CCCCNC(=O)CCCC[C@@H]1SC[C@@H]2NC(=O)N[C@@H]21)C(N)=O)C(C)C. The lowest BCUT2D eigenvalue weighted by atomic mass is 9.92. The Labute approximate surface area is 356 Å². The van der Waals surface area contributed by atoms with E-state index < -0.39 is 84.4 Å². The summed E-state index contributed by atoms with van der Waals surface area (Å²) in [4.78, 5) is 113. The van der Waals surface area contributed by atoms with Crippen LogP contribution in [0.5, 0.6) is 0 Å². The van der Waals surface area contributed by atoms with E-state index in [1.165, 1.54) is 5.48 Å². The normalized spacial score (nSPS) is 18.9. The highest BCUT2D eigenvalue weighted by molar-refractivity contribution is 8.00. The maximum atomic E-state index is 13.4. The molecule has 0 aromatic rings. The van der Waals surface area contributed by atoms with Crippen molar-refractivity contribution in [3.8, 4) is 0 Å². The van der Waals surface area contributed by atoms with Gasteiger partial charge in [0, 0.05) is 36.3 Å². The Balaban J connectivity index is 1.73. The quantitative estimate of drug-likeness (QED) is 0.0205. The van der Waals surface area contributed by atoms with Crippen LogP contribution < -0.4 is 53.7 Å². The van der Waals surface area contributed by atoms with Crippen LogP contribution in [0.1, 0.15) is 106 Å². The summed E-state index contributed by atoms with van der Waals surface area (Å²) >= 11 is 1.84. The van der Waals surface area contributed by atoms with Crippen LogP contribution in [-0.2, 0) is 38.4 Å². The molecule has 60 heavy (non-hydrogen) atoms. The zero-order chi connectivity index (χ0) is 44.9. The summed E-state index contributed by atoms with van der Waals surface area (Å²) in [5.74, 6) is -5.14. The summed E-state index contributed by atoms with van der Waals surface area (Å²) in [7, 11) is 0. The molecule has 10 amide bonds. The number of nitrogens with two attached hydrogens (primary N) is 1. The van der Waals surface area contributed by atoms with Crippen LogP contribution in [0, 0.1) is 23.7 Å². The van der Waals surface area contributed by atoms with Gasteiger partial charge in [0.15, 0.2) is 0 Å². The minimum atomic E-state index is -1.07. The second-order valence-corrected chi connectivity index (χ2v) is 18.0. The first-order chi connectivity index (χ1) is 28.3. The third-order valence-electron chi connectivity index (χ3n) is 10.1. The number of primary amides is 1. The first-order valence-electron chi connectivity index (χ1n) is 20.9. The number of hydrogen-bond donors (Lipinski definition) is 11. The molecule has 7 atom stereocenters. The molecule has 12 N–H and O–H groups in total. The van der Waals surface area contributed by atoms with Crippen molar-refractivity contribution < 1.29 is 48.4 Å². The number of carbonyl (C=O) groups is 9. The Morgan fingerprint density at radius 1 is 0.733 bits per heavy atom. The first-order valence-corrected chi connectivity index (χ1v) is 22.0. The fraction of sp³-hybridized carbons (Fsp3) is 0.769. The molecule has 0 aromatic carbocycles. The monoisotopic (exact) mass is 868 g/mol. The molecule has 0 aliphatic carbocycles. The van der Waals surface area contributed by atoms with Crippen molar-refractivity contribution in [3.63, 3.8) is 0 Å². The van der Waals surface area contributed by atoms with Crippen molar-refractivity contribution in [1.29, 1.82) is 0 Å². The van der Waals surface area contributed by atoms with Crippen LogP contribution in [0.25, 0.3) is 0 Å². The van der Waals surface area contributed by atoms with Gasteiger partial charge in [-0.2, -0.15) is 11.8 Å². The number of carbonyl (C=O) groups excluding carboxylic acids is 9. The van der Waals surface area contributed by atoms with Gasteiger partial charge >= 0.3 is 6.03 Å². The topological polar surface area (TPSA) is 308 Å². The van der Waals surface area contributed by atoms with Crippen molar-refractivity contribution in [2.75, 3.05) is 25.4 Å². The molecule has 2 fully saturated rings. The highest BCUT2D eigenvalue weighted by atomic mass is 32.2. The standard InChI is InChI=1S/C39H68N10O10S/c1-21(2)15-24(17-30(51)49-59)36(55)47-33(23(5)6)38(57)45-26(16-22(3)4)37(56)43-18-31(52)42-19-32(53)44-25(35(40)54)11-9-10-14-41-29(50)13-8-7-12-28-34-27(20-60-28)46-39(58)48-34/h21-28,33-34,59H,7-20H2,1-6H3,(H2,40,54)(H,41,50)(H,42,52)(H,43,56)(H,44,53)(H,45,57)(H,47,55)(H,49,51)(H2,46,48,58)/t24?,25-,26-,27-,28-,33-,34-/m0/s1. The van der Waals surface area contributed by atoms with Gasteiger partial charge in [-0.3, -0.25) is 43.6 Å². The lowest BCUT2D eigenvalue weighted by Gasteiger charge is -2.27. The van der Waals surface area contributed by atoms with E-state index in [9.17, 15) is 43.2 Å². The van der Waals surface area contributed by atoms with Crippen LogP contribution in [0.3, 0.4) is 0 Å². The molecular formula is C39H68N10O10S. The molecule has 2 aliphatic heterocycles. The Morgan fingerprint density at radius 2 is 1.42 bits per heavy atom. The smallest absolute Gasteiger partial charge is 0.315 e. The Morgan fingerprint density at radius 3 is 2.05 bits per heavy atom. The number of amides is 10. The first kappa shape index (κ1) is 51.5. The number of fused-ring (bicyclic) bond motifs is 1. The molecule has 1 unspecified atom stereocenters. The number of nitrogens with one attached hydrogen (secondary N) is 9. The highest BCUT2D eigenvalue weighted by Gasteiger charge is 2.42. The minimum absolute atomic E-state index is 0.0418. The van der Waals surface area contributed by atoms with Crippen molar-refractivity contribution in [2.45, 2.75) is 141 Å². The van der Waals surface area contributed by atoms with E-state index in [0.29, 0.717) is 37.5 Å². The third kappa shape index (κ3) is 19.2. The molecule has 340 valence electrons. The van der Waals surface area contributed by atoms with Gasteiger partial charge in [-0.15, -0.1) is 0 Å². The summed E-state index contributed by atoms with van der Waals surface area (Å²) < 4.78 is 0. The van der Waals surface area contributed by atoms with Crippen molar-refractivity contribution in [3.05, 3.63) is 0 Å². The molecule has 21 heteroatoms. The summed E-state index contributed by atoms with van der Waals surface area (Å²) in [5, 5.41) is 30.7. The predicted molar refractivity (Wildman–Crippen MR) is 224 cm³/mol. The molecule has 0 aromatic heterocycles. The maximum Gasteiger partial charge on any atom is 0.315 e. The van der Waals surface area contributed by atoms with E-state index in [1.54, 1.807) is 13.8 Å². The van der Waals surface area contributed by atoms with Crippen LogP contribution in [0.15, 0.2) is 0 Å². The van der Waals surface area contributed by atoms with Gasteiger partial charge in [0.25, 0.3) is 0 Å². The van der Waals surface area contributed by atoms with Gasteiger partial charge in [0.2, 0.25) is 47.3 Å². The average molecular weight is 869 g/mol. The number of urea groups is 1. The molecule has 2 rings (SSSR count). The number of hydrogen-bond acceptors (Lipinski definition) is 11. The number of rotatable bonds is 28. The van der Waals surface area contributed by atoms with Gasteiger partial charge in [-0.25, -0.2) is 10.3 Å². The van der Waals surface area contributed by atoms with Crippen LogP contribution >= 0.6 is 11.8 Å². The molecule has 0 spiro atoms. The minimum Gasteiger partial charge on any atom is -0.368 e. The number of hydroxylamine groups is 1. The zero-order valence-corrected chi connectivity index (χ0v) is 36.6. The molecular weight excluding hydrogens is 801 g/mol. The second-order valence-electron chi connectivity index (χ2n) is 16.7. The second kappa shape index (κ2) is 26.5.